The van der Waals surface area contributed by atoms with Crippen LogP contribution in [0.3, 0.4) is 0 Å². The minimum absolute atomic E-state index is 0.143. The van der Waals surface area contributed by atoms with Gasteiger partial charge in [-0.3, -0.25) is 9.59 Å². The summed E-state index contributed by atoms with van der Waals surface area (Å²) in [5.74, 6) is -0.143. The summed E-state index contributed by atoms with van der Waals surface area (Å²) in [5.41, 5.74) is 0.167. The van der Waals surface area contributed by atoms with Gasteiger partial charge in [-0.2, -0.15) is 0 Å². The molecule has 0 saturated heterocycles. The van der Waals surface area contributed by atoms with Crippen molar-refractivity contribution < 1.29 is 9.21 Å². The van der Waals surface area contributed by atoms with Crippen LogP contribution >= 0.6 is 0 Å². The van der Waals surface area contributed by atoms with Gasteiger partial charge < -0.3 is 14.3 Å². The molecule has 0 aliphatic carbocycles. The molecule has 0 aromatic carbocycles. The quantitative estimate of drug-likeness (QED) is 0.868. The highest BCUT2D eigenvalue weighted by atomic mass is 16.4. The summed E-state index contributed by atoms with van der Waals surface area (Å²) in [6, 6.07) is 2.88. The van der Waals surface area contributed by atoms with Crippen LogP contribution in [0.25, 0.3) is 11.0 Å². The number of nitrogens with one attached hydrogen (secondary N) is 1. The number of rotatable bonds is 3. The summed E-state index contributed by atoms with van der Waals surface area (Å²) in [6.07, 6.45) is 1.55. The molecule has 19 heavy (non-hydrogen) atoms. The van der Waals surface area contributed by atoms with Gasteiger partial charge in [-0.25, -0.2) is 4.79 Å². The standard InChI is InChI=1S/C13H14N2O4/c1-8-7-11(17)19-10-3-5-15(13(18)12(8)10)6-4-14-9(2)16/h3,5,7H,4,6H2,1-2H3,(H,14,16). The number of carbonyl (C=O) groups excluding carboxylic acids is 1. The first-order chi connectivity index (χ1) is 8.99. The van der Waals surface area contributed by atoms with Crippen LogP contribution in [-0.4, -0.2) is 17.0 Å². The smallest absolute Gasteiger partial charge is 0.336 e. The second-order valence-corrected chi connectivity index (χ2v) is 4.28. The third kappa shape index (κ3) is 2.73. The number of amides is 1. The van der Waals surface area contributed by atoms with Gasteiger partial charge >= 0.3 is 5.63 Å². The van der Waals surface area contributed by atoms with Gasteiger partial charge in [0.2, 0.25) is 5.91 Å². The monoisotopic (exact) mass is 262 g/mol. The molecule has 0 aliphatic heterocycles. The van der Waals surface area contributed by atoms with Crippen molar-refractivity contribution in [3.8, 4) is 0 Å². The molecule has 2 heterocycles. The van der Waals surface area contributed by atoms with Crippen molar-refractivity contribution in [2.24, 2.45) is 0 Å². The number of aromatic nitrogens is 1. The first-order valence-corrected chi connectivity index (χ1v) is 5.87. The maximum absolute atomic E-state index is 12.2. The fraction of sp³-hybridized carbons (Fsp3) is 0.308. The molecule has 2 aromatic heterocycles. The zero-order chi connectivity index (χ0) is 14.0. The van der Waals surface area contributed by atoms with Crippen molar-refractivity contribution >= 4 is 16.9 Å². The second-order valence-electron chi connectivity index (χ2n) is 4.28. The van der Waals surface area contributed by atoms with E-state index >= 15 is 0 Å². The molecule has 2 rings (SSSR count). The van der Waals surface area contributed by atoms with E-state index in [0.29, 0.717) is 24.0 Å². The van der Waals surface area contributed by atoms with E-state index in [-0.39, 0.29) is 17.0 Å². The van der Waals surface area contributed by atoms with Crippen LogP contribution in [0.2, 0.25) is 0 Å². The lowest BCUT2D eigenvalue weighted by atomic mass is 10.2. The Morgan fingerprint density at radius 3 is 2.84 bits per heavy atom. The Balaban J connectivity index is 2.43. The first-order valence-electron chi connectivity index (χ1n) is 5.87. The molecule has 2 aromatic rings. The van der Waals surface area contributed by atoms with Crippen molar-refractivity contribution in [1.29, 1.82) is 0 Å². The average Bonchev–Trinajstić information content (AvgIpc) is 2.30. The van der Waals surface area contributed by atoms with Crippen LogP contribution in [0.4, 0.5) is 0 Å². The first kappa shape index (κ1) is 13.1. The number of carbonyl (C=O) groups is 1. The lowest BCUT2D eigenvalue weighted by Crippen LogP contribution is -2.29. The van der Waals surface area contributed by atoms with Crippen LogP contribution in [0, 0.1) is 6.92 Å². The lowest BCUT2D eigenvalue weighted by Gasteiger charge is -2.08. The number of pyridine rings is 1. The van der Waals surface area contributed by atoms with Gasteiger partial charge in [0, 0.05) is 32.3 Å². The molecule has 0 aliphatic rings. The highest BCUT2D eigenvalue weighted by Gasteiger charge is 2.08. The summed E-state index contributed by atoms with van der Waals surface area (Å²) in [7, 11) is 0. The topological polar surface area (TPSA) is 81.3 Å². The van der Waals surface area contributed by atoms with Gasteiger partial charge in [0.25, 0.3) is 5.56 Å². The molecule has 0 atom stereocenters. The molecule has 6 heteroatoms. The molecule has 6 nitrogen and oxygen atoms in total. The molecule has 1 N–H and O–H groups in total. The Hall–Kier alpha value is -2.37. The molecular weight excluding hydrogens is 248 g/mol. The van der Waals surface area contributed by atoms with E-state index < -0.39 is 5.63 Å². The van der Waals surface area contributed by atoms with E-state index in [1.54, 1.807) is 19.2 Å². The highest BCUT2D eigenvalue weighted by molar-refractivity contribution is 5.78. The van der Waals surface area contributed by atoms with Crippen molar-refractivity contribution in [3.05, 3.63) is 44.7 Å². The highest BCUT2D eigenvalue weighted by Crippen LogP contribution is 2.10. The van der Waals surface area contributed by atoms with Crippen molar-refractivity contribution in [1.82, 2.24) is 9.88 Å². The van der Waals surface area contributed by atoms with Gasteiger partial charge in [-0.05, 0) is 18.6 Å². The van der Waals surface area contributed by atoms with Crippen LogP contribution in [0.1, 0.15) is 12.5 Å². The summed E-state index contributed by atoms with van der Waals surface area (Å²) in [6.45, 7) is 3.85. The molecule has 0 fully saturated rings. The van der Waals surface area contributed by atoms with E-state index in [2.05, 4.69) is 5.32 Å². The van der Waals surface area contributed by atoms with E-state index in [1.165, 1.54) is 17.6 Å². The van der Waals surface area contributed by atoms with Crippen LogP contribution < -0.4 is 16.5 Å². The molecule has 1 amide bonds. The maximum Gasteiger partial charge on any atom is 0.336 e. The normalized spacial score (nSPS) is 10.6. The van der Waals surface area contributed by atoms with E-state index in [0.717, 1.165) is 0 Å². The minimum atomic E-state index is -0.472. The predicted molar refractivity (Wildman–Crippen MR) is 70.2 cm³/mol. The Bertz CT molecular complexity index is 742. The molecule has 0 saturated carbocycles. The van der Waals surface area contributed by atoms with Crippen LogP contribution in [-0.2, 0) is 11.3 Å². The molecule has 0 radical (unpaired) electrons. The molecular formula is C13H14N2O4. The molecule has 100 valence electrons. The third-order valence-electron chi connectivity index (χ3n) is 2.79. The molecule has 0 spiro atoms. The lowest BCUT2D eigenvalue weighted by molar-refractivity contribution is -0.118. The summed E-state index contributed by atoms with van der Waals surface area (Å²) in [4.78, 5) is 34.2. The minimum Gasteiger partial charge on any atom is -0.422 e. The number of fused-ring (bicyclic) bond motifs is 1. The van der Waals surface area contributed by atoms with Gasteiger partial charge in [0.05, 0.1) is 5.39 Å². The van der Waals surface area contributed by atoms with Crippen LogP contribution in [0.5, 0.6) is 0 Å². The summed E-state index contributed by atoms with van der Waals surface area (Å²) in [5, 5.41) is 3.01. The fourth-order valence-corrected chi connectivity index (χ4v) is 1.92. The Morgan fingerprint density at radius 1 is 1.42 bits per heavy atom. The largest absolute Gasteiger partial charge is 0.422 e. The zero-order valence-corrected chi connectivity index (χ0v) is 10.7. The van der Waals surface area contributed by atoms with Gasteiger partial charge in [-0.1, -0.05) is 0 Å². The number of aryl methyl sites for hydroxylation is 1. The zero-order valence-electron chi connectivity index (χ0n) is 10.7. The van der Waals surface area contributed by atoms with Gasteiger partial charge in [0.1, 0.15) is 5.58 Å². The fourth-order valence-electron chi connectivity index (χ4n) is 1.92. The Morgan fingerprint density at radius 2 is 2.16 bits per heavy atom. The Kier molecular flexibility index (Phi) is 3.50. The third-order valence-corrected chi connectivity index (χ3v) is 2.79. The predicted octanol–water partition coefficient (Wildman–Crippen LogP) is 0.399. The number of hydrogen-bond donors (Lipinski definition) is 1. The Labute approximate surface area is 108 Å². The summed E-state index contributed by atoms with van der Waals surface area (Å²) >= 11 is 0. The number of hydrogen-bond acceptors (Lipinski definition) is 4. The van der Waals surface area contributed by atoms with Crippen molar-refractivity contribution in [3.63, 3.8) is 0 Å². The van der Waals surface area contributed by atoms with Crippen LogP contribution in [0.15, 0.2) is 32.3 Å². The van der Waals surface area contributed by atoms with E-state index in [9.17, 15) is 14.4 Å². The van der Waals surface area contributed by atoms with E-state index in [4.69, 9.17) is 4.42 Å². The van der Waals surface area contributed by atoms with Gasteiger partial charge in [0.15, 0.2) is 0 Å². The molecule has 0 unspecified atom stereocenters. The SMILES string of the molecule is CC(=O)NCCn1ccc2oc(=O)cc(C)c2c1=O. The van der Waals surface area contributed by atoms with E-state index in [1.807, 2.05) is 0 Å². The maximum atomic E-state index is 12.2. The van der Waals surface area contributed by atoms with Crippen molar-refractivity contribution in [2.75, 3.05) is 6.54 Å². The van der Waals surface area contributed by atoms with Gasteiger partial charge in [-0.15, -0.1) is 0 Å². The summed E-state index contributed by atoms with van der Waals surface area (Å²) < 4.78 is 6.46. The second kappa shape index (κ2) is 5.09. The van der Waals surface area contributed by atoms with Crippen molar-refractivity contribution in [2.45, 2.75) is 20.4 Å². The average molecular weight is 262 g/mol. The molecule has 0 bridgehead atoms. The number of nitrogens with zero attached hydrogens (tertiary/aromatic N) is 1.